The molecule has 0 amide bonds. The minimum absolute atomic E-state index is 0.142. The van der Waals surface area contributed by atoms with Crippen LogP contribution in [0.4, 0.5) is 17.1 Å². The lowest BCUT2D eigenvalue weighted by molar-refractivity contribution is 0.0698. The predicted molar refractivity (Wildman–Crippen MR) is 83.0 cm³/mol. The number of aromatic carboxylic acids is 1. The van der Waals surface area contributed by atoms with Crippen molar-refractivity contribution in [2.24, 2.45) is 10.2 Å². The summed E-state index contributed by atoms with van der Waals surface area (Å²) in [6, 6.07) is 14.2. The van der Waals surface area contributed by atoms with Crippen LogP contribution in [0.1, 0.15) is 17.3 Å². The highest BCUT2D eigenvalue weighted by Crippen LogP contribution is 2.24. The molecule has 0 unspecified atom stereocenters. The summed E-state index contributed by atoms with van der Waals surface area (Å²) in [5.74, 6) is -1.01. The fraction of sp³-hybridized carbons (Fsp3) is 0.188. The van der Waals surface area contributed by atoms with Gasteiger partial charge in [-0.1, -0.05) is 12.1 Å². The second-order valence-electron chi connectivity index (χ2n) is 4.55. The zero-order valence-electron chi connectivity index (χ0n) is 12.0. The molecule has 0 bridgehead atoms. The fourth-order valence-corrected chi connectivity index (χ4v) is 1.81. The van der Waals surface area contributed by atoms with Gasteiger partial charge in [0.25, 0.3) is 0 Å². The lowest BCUT2D eigenvalue weighted by Crippen LogP contribution is -2.15. The monoisotopic (exact) mass is 283 g/mol. The van der Waals surface area contributed by atoms with E-state index in [2.05, 4.69) is 22.1 Å². The number of carboxylic acid groups (broad SMARTS) is 1. The zero-order valence-corrected chi connectivity index (χ0v) is 12.0. The smallest absolute Gasteiger partial charge is 0.337 e. The molecule has 0 radical (unpaired) electrons. The van der Waals surface area contributed by atoms with Gasteiger partial charge in [-0.25, -0.2) is 4.79 Å². The molecular weight excluding hydrogens is 266 g/mol. The van der Waals surface area contributed by atoms with E-state index in [0.717, 1.165) is 12.2 Å². The van der Waals surface area contributed by atoms with Gasteiger partial charge in [0, 0.05) is 19.3 Å². The van der Waals surface area contributed by atoms with E-state index in [9.17, 15) is 4.79 Å². The maximum Gasteiger partial charge on any atom is 0.337 e. The van der Waals surface area contributed by atoms with E-state index in [4.69, 9.17) is 5.11 Å². The van der Waals surface area contributed by atoms with Crippen LogP contribution in [0.2, 0.25) is 0 Å². The minimum atomic E-state index is -1.01. The zero-order chi connectivity index (χ0) is 15.2. The molecule has 2 aromatic rings. The first kappa shape index (κ1) is 14.7. The number of hydrogen-bond donors (Lipinski definition) is 1. The van der Waals surface area contributed by atoms with Crippen molar-refractivity contribution < 1.29 is 9.90 Å². The molecule has 1 N–H and O–H groups in total. The van der Waals surface area contributed by atoms with Crippen molar-refractivity contribution in [1.29, 1.82) is 0 Å². The van der Waals surface area contributed by atoms with E-state index in [1.807, 2.05) is 31.3 Å². The molecule has 0 heterocycles. The molecule has 108 valence electrons. The third-order valence-electron chi connectivity index (χ3n) is 3.17. The quantitative estimate of drug-likeness (QED) is 0.834. The first-order chi connectivity index (χ1) is 10.1. The molecule has 0 saturated carbocycles. The molecule has 2 aromatic carbocycles. The van der Waals surface area contributed by atoms with Gasteiger partial charge in [0.1, 0.15) is 5.69 Å². The van der Waals surface area contributed by atoms with Gasteiger partial charge in [-0.05, 0) is 43.3 Å². The largest absolute Gasteiger partial charge is 0.478 e. The van der Waals surface area contributed by atoms with Gasteiger partial charge in [0.2, 0.25) is 0 Å². The summed E-state index contributed by atoms with van der Waals surface area (Å²) < 4.78 is 0. The Kier molecular flexibility index (Phi) is 4.66. The van der Waals surface area contributed by atoms with Crippen LogP contribution >= 0.6 is 0 Å². The molecule has 21 heavy (non-hydrogen) atoms. The summed E-state index contributed by atoms with van der Waals surface area (Å²) >= 11 is 0. The van der Waals surface area contributed by atoms with Crippen LogP contribution in [-0.2, 0) is 0 Å². The molecular formula is C16H17N3O2. The summed E-state index contributed by atoms with van der Waals surface area (Å²) in [7, 11) is 2.01. The van der Waals surface area contributed by atoms with Crippen LogP contribution < -0.4 is 4.90 Å². The summed E-state index contributed by atoms with van der Waals surface area (Å²) in [6.45, 7) is 3.00. The van der Waals surface area contributed by atoms with Gasteiger partial charge >= 0.3 is 5.97 Å². The summed E-state index contributed by atoms with van der Waals surface area (Å²) in [4.78, 5) is 13.2. The number of benzene rings is 2. The second kappa shape index (κ2) is 6.65. The molecule has 2 rings (SSSR count). The Bertz CT molecular complexity index is 651. The molecule has 0 saturated heterocycles. The average Bonchev–Trinajstić information content (AvgIpc) is 2.52. The third kappa shape index (κ3) is 3.66. The number of rotatable bonds is 5. The van der Waals surface area contributed by atoms with Crippen LogP contribution in [-0.4, -0.2) is 24.7 Å². The second-order valence-corrected chi connectivity index (χ2v) is 4.55. The van der Waals surface area contributed by atoms with Gasteiger partial charge in [0.05, 0.1) is 11.3 Å². The average molecular weight is 283 g/mol. The molecule has 0 aromatic heterocycles. The van der Waals surface area contributed by atoms with E-state index in [-0.39, 0.29) is 5.56 Å². The Balaban J connectivity index is 2.20. The first-order valence-electron chi connectivity index (χ1n) is 6.67. The Morgan fingerprint density at radius 1 is 1.10 bits per heavy atom. The fourth-order valence-electron chi connectivity index (χ4n) is 1.81. The van der Waals surface area contributed by atoms with Crippen LogP contribution in [0.3, 0.4) is 0 Å². The molecule has 0 fully saturated rings. The molecule has 0 atom stereocenters. The standard InChI is InChI=1S/C16H17N3O2/c1-3-19(2)13-10-8-12(9-11-13)17-18-15-7-5-4-6-14(15)16(20)21/h4-11H,3H2,1-2H3,(H,20,21). The minimum Gasteiger partial charge on any atom is -0.478 e. The highest BCUT2D eigenvalue weighted by molar-refractivity contribution is 5.93. The summed E-state index contributed by atoms with van der Waals surface area (Å²) in [5.41, 5.74) is 2.27. The van der Waals surface area contributed by atoms with Crippen LogP contribution in [0, 0.1) is 0 Å². The van der Waals surface area contributed by atoms with Gasteiger partial charge in [-0.2, -0.15) is 5.11 Å². The van der Waals surface area contributed by atoms with E-state index >= 15 is 0 Å². The van der Waals surface area contributed by atoms with E-state index in [0.29, 0.717) is 11.4 Å². The molecule has 0 aliphatic carbocycles. The number of azo groups is 1. The third-order valence-corrected chi connectivity index (χ3v) is 3.17. The van der Waals surface area contributed by atoms with Crippen LogP contribution in [0.15, 0.2) is 58.8 Å². The summed E-state index contributed by atoms with van der Waals surface area (Å²) in [6.07, 6.45) is 0. The van der Waals surface area contributed by atoms with Crippen molar-refractivity contribution in [3.8, 4) is 0 Å². The topological polar surface area (TPSA) is 65.3 Å². The highest BCUT2D eigenvalue weighted by Gasteiger charge is 2.07. The molecule has 5 heteroatoms. The van der Waals surface area contributed by atoms with Gasteiger partial charge in [-0.15, -0.1) is 5.11 Å². The van der Waals surface area contributed by atoms with Crippen molar-refractivity contribution in [1.82, 2.24) is 0 Å². The molecule has 5 nitrogen and oxygen atoms in total. The van der Waals surface area contributed by atoms with E-state index in [1.165, 1.54) is 6.07 Å². The van der Waals surface area contributed by atoms with Gasteiger partial charge in [-0.3, -0.25) is 0 Å². The lowest BCUT2D eigenvalue weighted by Gasteiger charge is -2.16. The van der Waals surface area contributed by atoms with Crippen molar-refractivity contribution in [3.05, 3.63) is 54.1 Å². The number of nitrogens with zero attached hydrogens (tertiary/aromatic N) is 3. The van der Waals surface area contributed by atoms with Crippen LogP contribution in [0.5, 0.6) is 0 Å². The van der Waals surface area contributed by atoms with Crippen molar-refractivity contribution in [2.75, 3.05) is 18.5 Å². The van der Waals surface area contributed by atoms with Crippen molar-refractivity contribution >= 4 is 23.0 Å². The maximum atomic E-state index is 11.1. The predicted octanol–water partition coefficient (Wildman–Crippen LogP) is 4.26. The Hall–Kier alpha value is -2.69. The van der Waals surface area contributed by atoms with Crippen molar-refractivity contribution in [3.63, 3.8) is 0 Å². The SMILES string of the molecule is CCN(C)c1ccc(N=Nc2ccccc2C(=O)O)cc1. The van der Waals surface area contributed by atoms with Crippen LogP contribution in [0.25, 0.3) is 0 Å². The van der Waals surface area contributed by atoms with Gasteiger partial charge in [0.15, 0.2) is 0 Å². The first-order valence-corrected chi connectivity index (χ1v) is 6.67. The molecule has 0 spiro atoms. The van der Waals surface area contributed by atoms with E-state index < -0.39 is 5.97 Å². The number of hydrogen-bond acceptors (Lipinski definition) is 4. The molecule has 0 aliphatic heterocycles. The number of carbonyl (C=O) groups is 1. The summed E-state index contributed by atoms with van der Waals surface area (Å²) in [5, 5.41) is 17.2. The maximum absolute atomic E-state index is 11.1. The Morgan fingerprint density at radius 3 is 2.38 bits per heavy atom. The normalized spacial score (nSPS) is 10.8. The number of anilines is 1. The Morgan fingerprint density at radius 2 is 1.76 bits per heavy atom. The van der Waals surface area contributed by atoms with Crippen molar-refractivity contribution in [2.45, 2.75) is 6.92 Å². The lowest BCUT2D eigenvalue weighted by atomic mass is 10.2. The highest BCUT2D eigenvalue weighted by atomic mass is 16.4. The number of carboxylic acids is 1. The molecule has 0 aliphatic rings. The van der Waals surface area contributed by atoms with E-state index in [1.54, 1.807) is 18.2 Å². The Labute approximate surface area is 123 Å². The van der Waals surface area contributed by atoms with Gasteiger partial charge < -0.3 is 10.0 Å².